The van der Waals surface area contributed by atoms with Crippen molar-refractivity contribution in [2.45, 2.75) is 25.5 Å². The normalized spacial score (nSPS) is 15.8. The van der Waals surface area contributed by atoms with Gasteiger partial charge in [0.1, 0.15) is 12.4 Å². The molecule has 3 rings (SSSR count). The Kier molecular flexibility index (Phi) is 7.30. The standard InChI is InChI=1S/C20H22Cl2FN5O/c21-16-1-2-17(23)19(22)15(16)11-29-18-7-12(9-28-20(18)25)13(8-24)10-27-14-3-5-26-6-4-14/h1-2,7-10,14,26H,3-6,11,24H2,(H2,25,28). The number of hydrogen-bond acceptors (Lipinski definition) is 6. The van der Waals surface area contributed by atoms with Gasteiger partial charge >= 0.3 is 0 Å². The molecule has 0 saturated carbocycles. The first-order valence-electron chi connectivity index (χ1n) is 9.16. The van der Waals surface area contributed by atoms with E-state index in [-0.39, 0.29) is 23.5 Å². The molecule has 2 aromatic rings. The molecule has 0 amide bonds. The van der Waals surface area contributed by atoms with Crippen LogP contribution in [0.3, 0.4) is 0 Å². The van der Waals surface area contributed by atoms with E-state index in [9.17, 15) is 4.39 Å². The third-order valence-electron chi connectivity index (χ3n) is 4.64. The molecule has 154 valence electrons. The molecule has 5 N–H and O–H groups in total. The van der Waals surface area contributed by atoms with Crippen LogP contribution in [0.25, 0.3) is 5.57 Å². The van der Waals surface area contributed by atoms with Crippen molar-refractivity contribution in [3.05, 3.63) is 57.6 Å². The number of hydrogen-bond donors (Lipinski definition) is 3. The number of nitrogens with zero attached hydrogens (tertiary/aromatic N) is 2. The van der Waals surface area contributed by atoms with E-state index < -0.39 is 5.82 Å². The number of piperidine rings is 1. The number of aromatic nitrogens is 1. The van der Waals surface area contributed by atoms with Gasteiger partial charge in [-0.05, 0) is 44.1 Å². The Morgan fingerprint density at radius 3 is 2.83 bits per heavy atom. The number of ether oxygens (including phenoxy) is 1. The predicted molar refractivity (Wildman–Crippen MR) is 116 cm³/mol. The van der Waals surface area contributed by atoms with Gasteiger partial charge < -0.3 is 21.5 Å². The van der Waals surface area contributed by atoms with Gasteiger partial charge in [0, 0.05) is 40.3 Å². The summed E-state index contributed by atoms with van der Waals surface area (Å²) in [6, 6.07) is 4.59. The fourth-order valence-electron chi connectivity index (χ4n) is 2.94. The summed E-state index contributed by atoms with van der Waals surface area (Å²) in [4.78, 5) is 8.78. The zero-order chi connectivity index (χ0) is 20.8. The molecule has 1 fully saturated rings. The lowest BCUT2D eigenvalue weighted by Gasteiger charge is -2.18. The molecule has 0 radical (unpaired) electrons. The summed E-state index contributed by atoms with van der Waals surface area (Å²) in [6.07, 6.45) is 6.77. The third-order valence-corrected chi connectivity index (χ3v) is 5.40. The first-order valence-corrected chi connectivity index (χ1v) is 9.92. The van der Waals surface area contributed by atoms with E-state index in [0.29, 0.717) is 27.5 Å². The van der Waals surface area contributed by atoms with Gasteiger partial charge in [-0.25, -0.2) is 9.37 Å². The van der Waals surface area contributed by atoms with Crippen molar-refractivity contribution < 1.29 is 9.13 Å². The van der Waals surface area contributed by atoms with E-state index in [4.69, 9.17) is 39.4 Å². The smallest absolute Gasteiger partial charge is 0.166 e. The van der Waals surface area contributed by atoms with Crippen LogP contribution in [0.15, 0.2) is 35.6 Å². The monoisotopic (exact) mass is 437 g/mol. The largest absolute Gasteiger partial charge is 0.485 e. The average Bonchev–Trinajstić information content (AvgIpc) is 2.74. The topological polar surface area (TPSA) is 98.5 Å². The van der Waals surface area contributed by atoms with Crippen molar-refractivity contribution in [1.82, 2.24) is 10.3 Å². The summed E-state index contributed by atoms with van der Waals surface area (Å²) >= 11 is 12.1. The second-order valence-electron chi connectivity index (χ2n) is 6.60. The molecule has 2 heterocycles. The fourth-order valence-corrected chi connectivity index (χ4v) is 3.41. The summed E-state index contributed by atoms with van der Waals surface area (Å²) in [5.41, 5.74) is 13.4. The van der Waals surface area contributed by atoms with E-state index in [0.717, 1.165) is 25.9 Å². The molecule has 0 spiro atoms. The fraction of sp³-hybridized carbons (Fsp3) is 0.300. The molecule has 1 aromatic carbocycles. The lowest BCUT2D eigenvalue weighted by atomic mass is 10.1. The number of aliphatic imine (C=N–C) groups is 1. The number of benzene rings is 1. The van der Waals surface area contributed by atoms with Gasteiger partial charge in [0.25, 0.3) is 0 Å². The quantitative estimate of drug-likeness (QED) is 0.471. The van der Waals surface area contributed by atoms with Crippen LogP contribution in [0.4, 0.5) is 10.2 Å². The maximum Gasteiger partial charge on any atom is 0.166 e. The minimum absolute atomic E-state index is 0.0599. The summed E-state index contributed by atoms with van der Waals surface area (Å²) in [7, 11) is 0. The van der Waals surface area contributed by atoms with E-state index >= 15 is 0 Å². The molecular weight excluding hydrogens is 416 g/mol. The maximum absolute atomic E-state index is 13.7. The predicted octanol–water partition coefficient (Wildman–Crippen LogP) is 3.81. The number of nitrogen functional groups attached to an aromatic ring is 1. The lowest BCUT2D eigenvalue weighted by molar-refractivity contribution is 0.306. The van der Waals surface area contributed by atoms with Crippen molar-refractivity contribution in [3.8, 4) is 5.75 Å². The van der Waals surface area contributed by atoms with Crippen LogP contribution in [-0.4, -0.2) is 30.3 Å². The number of allylic oxidation sites excluding steroid dienone is 1. The van der Waals surface area contributed by atoms with Crippen LogP contribution >= 0.6 is 23.2 Å². The first-order chi connectivity index (χ1) is 14.0. The van der Waals surface area contributed by atoms with Gasteiger partial charge in [0.2, 0.25) is 0 Å². The molecule has 6 nitrogen and oxygen atoms in total. The van der Waals surface area contributed by atoms with Crippen LogP contribution in [0, 0.1) is 5.82 Å². The number of anilines is 1. The van der Waals surface area contributed by atoms with Crippen LogP contribution in [0.2, 0.25) is 10.0 Å². The number of nitrogens with one attached hydrogen (secondary N) is 1. The van der Waals surface area contributed by atoms with E-state index in [1.807, 2.05) is 0 Å². The zero-order valence-electron chi connectivity index (χ0n) is 15.7. The molecule has 0 unspecified atom stereocenters. The molecule has 9 heteroatoms. The molecule has 1 aliphatic heterocycles. The van der Waals surface area contributed by atoms with Gasteiger partial charge in [-0.3, -0.25) is 4.99 Å². The van der Waals surface area contributed by atoms with E-state index in [1.54, 1.807) is 18.5 Å². The second-order valence-corrected chi connectivity index (χ2v) is 7.38. The van der Waals surface area contributed by atoms with Crippen molar-refractivity contribution in [2.24, 2.45) is 10.7 Å². The Hall–Kier alpha value is -2.35. The van der Waals surface area contributed by atoms with Crippen molar-refractivity contribution in [3.63, 3.8) is 0 Å². The molecule has 1 aromatic heterocycles. The number of nitrogens with two attached hydrogens (primary N) is 2. The van der Waals surface area contributed by atoms with Crippen molar-refractivity contribution in [2.75, 3.05) is 18.8 Å². The van der Waals surface area contributed by atoms with Crippen LogP contribution < -0.4 is 21.5 Å². The molecule has 1 saturated heterocycles. The molecule has 0 bridgehead atoms. The SMILES string of the molecule is NC=C(C=NC1CCNCC1)c1cnc(N)c(OCc2c(Cl)ccc(F)c2Cl)c1. The van der Waals surface area contributed by atoms with Gasteiger partial charge in [0.05, 0.1) is 11.1 Å². The first kappa shape index (κ1) is 21.4. The van der Waals surface area contributed by atoms with Gasteiger partial charge in [-0.15, -0.1) is 0 Å². The maximum atomic E-state index is 13.7. The van der Waals surface area contributed by atoms with Crippen LogP contribution in [0.1, 0.15) is 24.0 Å². The third kappa shape index (κ3) is 5.38. The van der Waals surface area contributed by atoms with Gasteiger partial charge in [-0.1, -0.05) is 23.2 Å². The lowest BCUT2D eigenvalue weighted by Crippen LogP contribution is -2.29. The Morgan fingerprint density at radius 2 is 2.10 bits per heavy atom. The number of pyridine rings is 1. The molecule has 1 aliphatic rings. The van der Waals surface area contributed by atoms with Gasteiger partial charge in [-0.2, -0.15) is 0 Å². The molecule has 0 aliphatic carbocycles. The Labute approximate surface area is 178 Å². The average molecular weight is 438 g/mol. The highest BCUT2D eigenvalue weighted by atomic mass is 35.5. The van der Waals surface area contributed by atoms with Crippen LogP contribution in [0.5, 0.6) is 5.75 Å². The Bertz CT molecular complexity index is 929. The van der Waals surface area contributed by atoms with Crippen molar-refractivity contribution in [1.29, 1.82) is 0 Å². The Morgan fingerprint density at radius 1 is 1.34 bits per heavy atom. The Balaban J connectivity index is 1.77. The summed E-state index contributed by atoms with van der Waals surface area (Å²) in [5, 5.41) is 3.52. The summed E-state index contributed by atoms with van der Waals surface area (Å²) in [6.45, 7) is 1.85. The van der Waals surface area contributed by atoms with E-state index in [1.165, 1.54) is 18.3 Å². The molecule has 0 atom stereocenters. The summed E-state index contributed by atoms with van der Waals surface area (Å²) in [5.74, 6) is -0.0745. The minimum Gasteiger partial charge on any atom is -0.485 e. The zero-order valence-corrected chi connectivity index (χ0v) is 17.2. The molecular formula is C20H22Cl2FN5O. The minimum atomic E-state index is -0.572. The second kappa shape index (κ2) is 9.91. The van der Waals surface area contributed by atoms with Crippen LogP contribution in [-0.2, 0) is 6.61 Å². The molecule has 29 heavy (non-hydrogen) atoms. The van der Waals surface area contributed by atoms with Gasteiger partial charge in [0.15, 0.2) is 11.6 Å². The highest BCUT2D eigenvalue weighted by Crippen LogP contribution is 2.30. The van der Waals surface area contributed by atoms with E-state index in [2.05, 4.69) is 15.3 Å². The number of rotatable bonds is 6. The van der Waals surface area contributed by atoms with Crippen molar-refractivity contribution >= 4 is 40.8 Å². The highest BCUT2D eigenvalue weighted by Gasteiger charge is 2.14. The summed E-state index contributed by atoms with van der Waals surface area (Å²) < 4.78 is 19.4. The highest BCUT2D eigenvalue weighted by molar-refractivity contribution is 6.36. The number of halogens is 3.